The van der Waals surface area contributed by atoms with Gasteiger partial charge in [-0.25, -0.2) is 9.97 Å². The quantitative estimate of drug-likeness (QED) is 0.761. The third kappa shape index (κ3) is 3.22. The molecule has 0 amide bonds. The van der Waals surface area contributed by atoms with Crippen LogP contribution in [0.5, 0.6) is 0 Å². The summed E-state index contributed by atoms with van der Waals surface area (Å²) in [5.41, 5.74) is 4.76. The Morgan fingerprint density at radius 3 is 2.58 bits per heavy atom. The van der Waals surface area contributed by atoms with Gasteiger partial charge in [0.25, 0.3) is 5.56 Å². The number of aromatic nitrogens is 3. The zero-order chi connectivity index (χ0) is 21.1. The van der Waals surface area contributed by atoms with Gasteiger partial charge in [0.15, 0.2) is 0 Å². The van der Waals surface area contributed by atoms with Crippen LogP contribution in [0.2, 0.25) is 0 Å². The van der Waals surface area contributed by atoms with Crippen LogP contribution >= 0.6 is 0 Å². The van der Waals surface area contributed by atoms with Crippen LogP contribution in [0.3, 0.4) is 0 Å². The first kappa shape index (κ1) is 19.5. The summed E-state index contributed by atoms with van der Waals surface area (Å²) in [6.07, 6.45) is 9.33. The standard InChI is InChI=1S/C25H33N5O/c1-3-22-16(2)11-26-25(27-22)28-12-17-10-19(14-28)23-9-4-18(24(31)30(23)13-17)15-29-20-5-6-21(29)8-7-20/h4,9,11,17,19-21H,3,5-8,10,12-15H2,1-2H3/t17-,19+,20?,21?/m0/s1. The summed E-state index contributed by atoms with van der Waals surface area (Å²) in [4.78, 5) is 27.9. The minimum absolute atomic E-state index is 0.256. The van der Waals surface area contributed by atoms with Gasteiger partial charge in [-0.15, -0.1) is 0 Å². The maximum Gasteiger partial charge on any atom is 0.255 e. The maximum atomic E-state index is 13.4. The lowest BCUT2D eigenvalue weighted by molar-refractivity contribution is 0.239. The van der Waals surface area contributed by atoms with Gasteiger partial charge in [-0.2, -0.15) is 0 Å². The number of piperidine rings is 1. The minimum atomic E-state index is 0.256. The van der Waals surface area contributed by atoms with E-state index in [9.17, 15) is 4.79 Å². The van der Waals surface area contributed by atoms with Crippen LogP contribution in [-0.2, 0) is 19.5 Å². The number of hydrogen-bond acceptors (Lipinski definition) is 5. The molecule has 4 aliphatic heterocycles. The van der Waals surface area contributed by atoms with E-state index in [1.807, 2.05) is 6.20 Å². The monoisotopic (exact) mass is 419 g/mol. The maximum absolute atomic E-state index is 13.4. The van der Waals surface area contributed by atoms with Gasteiger partial charge in [-0.1, -0.05) is 13.0 Å². The Hall–Kier alpha value is -2.21. The lowest BCUT2D eigenvalue weighted by atomic mass is 9.83. The fourth-order valence-electron chi connectivity index (χ4n) is 6.73. The normalized spacial score (nSPS) is 29.4. The highest BCUT2D eigenvalue weighted by Crippen LogP contribution is 2.39. The second-order valence-electron chi connectivity index (χ2n) is 10.2. The van der Waals surface area contributed by atoms with Crippen LogP contribution < -0.4 is 10.5 Å². The second kappa shape index (κ2) is 7.44. The smallest absolute Gasteiger partial charge is 0.255 e. The van der Waals surface area contributed by atoms with Gasteiger partial charge in [0.05, 0.1) is 0 Å². The molecule has 0 N–H and O–H groups in total. The summed E-state index contributed by atoms with van der Waals surface area (Å²) in [7, 11) is 0. The summed E-state index contributed by atoms with van der Waals surface area (Å²) < 4.78 is 2.11. The molecule has 0 aromatic carbocycles. The van der Waals surface area contributed by atoms with Crippen LogP contribution in [0.1, 0.15) is 67.5 Å². The summed E-state index contributed by atoms with van der Waals surface area (Å²) in [6.45, 7) is 7.74. The molecule has 2 aromatic heterocycles. The molecule has 2 aromatic rings. The highest BCUT2D eigenvalue weighted by molar-refractivity contribution is 5.36. The van der Waals surface area contributed by atoms with Gasteiger partial charge in [-0.3, -0.25) is 9.69 Å². The first-order valence-electron chi connectivity index (χ1n) is 12.2. The molecule has 3 fully saturated rings. The van der Waals surface area contributed by atoms with E-state index in [0.29, 0.717) is 23.9 Å². The molecule has 4 bridgehead atoms. The van der Waals surface area contributed by atoms with Gasteiger partial charge in [0, 0.05) is 67.3 Å². The fraction of sp³-hybridized carbons (Fsp3) is 0.640. The number of aryl methyl sites for hydroxylation is 2. The molecule has 0 unspecified atom stereocenters. The van der Waals surface area contributed by atoms with Crippen LogP contribution in [-0.4, -0.2) is 44.6 Å². The zero-order valence-electron chi connectivity index (χ0n) is 18.8. The molecule has 6 heterocycles. The molecular weight excluding hydrogens is 386 g/mol. The molecule has 6 rings (SSSR count). The Labute approximate surface area is 184 Å². The largest absolute Gasteiger partial charge is 0.340 e. The predicted molar refractivity (Wildman–Crippen MR) is 121 cm³/mol. The number of nitrogens with zero attached hydrogens (tertiary/aromatic N) is 5. The highest BCUT2D eigenvalue weighted by atomic mass is 16.1. The van der Waals surface area contributed by atoms with Crippen molar-refractivity contribution < 1.29 is 0 Å². The molecule has 4 aliphatic rings. The molecule has 31 heavy (non-hydrogen) atoms. The number of hydrogen-bond donors (Lipinski definition) is 0. The number of anilines is 1. The Morgan fingerprint density at radius 1 is 1.06 bits per heavy atom. The van der Waals surface area contributed by atoms with Gasteiger partial charge >= 0.3 is 0 Å². The Balaban J connectivity index is 1.26. The molecule has 2 atom stereocenters. The predicted octanol–water partition coefficient (Wildman–Crippen LogP) is 3.26. The van der Waals surface area contributed by atoms with E-state index in [-0.39, 0.29) is 5.56 Å². The second-order valence-corrected chi connectivity index (χ2v) is 10.2. The molecule has 0 spiro atoms. The van der Waals surface area contributed by atoms with Crippen molar-refractivity contribution in [3.8, 4) is 0 Å². The SMILES string of the molecule is CCc1nc(N2C[C@@H]3C[C@H](C2)c2ccc(CN4C5CCC4CC5)c(=O)n2C3)ncc1C. The molecule has 3 saturated heterocycles. The summed E-state index contributed by atoms with van der Waals surface area (Å²) in [5, 5.41) is 0. The Morgan fingerprint density at radius 2 is 1.84 bits per heavy atom. The van der Waals surface area contributed by atoms with Crippen LogP contribution in [0.25, 0.3) is 0 Å². The molecule has 0 saturated carbocycles. The van der Waals surface area contributed by atoms with E-state index in [1.165, 1.54) is 36.9 Å². The van der Waals surface area contributed by atoms with Crippen molar-refractivity contribution in [1.29, 1.82) is 0 Å². The van der Waals surface area contributed by atoms with Crippen molar-refractivity contribution >= 4 is 5.95 Å². The fourth-order valence-corrected chi connectivity index (χ4v) is 6.73. The van der Waals surface area contributed by atoms with Gasteiger partial charge < -0.3 is 9.47 Å². The van der Waals surface area contributed by atoms with Crippen molar-refractivity contribution in [1.82, 2.24) is 19.4 Å². The average molecular weight is 420 g/mol. The lowest BCUT2D eigenvalue weighted by Crippen LogP contribution is -2.48. The van der Waals surface area contributed by atoms with Crippen molar-refractivity contribution in [2.24, 2.45) is 5.92 Å². The van der Waals surface area contributed by atoms with Gasteiger partial charge in [-0.05, 0) is 63.0 Å². The van der Waals surface area contributed by atoms with Crippen LogP contribution in [0.15, 0.2) is 23.1 Å². The van der Waals surface area contributed by atoms with Crippen molar-refractivity contribution in [2.75, 3.05) is 18.0 Å². The highest BCUT2D eigenvalue weighted by Gasteiger charge is 2.40. The number of pyridine rings is 1. The first-order valence-corrected chi connectivity index (χ1v) is 12.2. The third-order valence-corrected chi connectivity index (χ3v) is 8.32. The van der Waals surface area contributed by atoms with Crippen molar-refractivity contribution in [3.63, 3.8) is 0 Å². The van der Waals surface area contributed by atoms with Crippen LogP contribution in [0.4, 0.5) is 5.95 Å². The average Bonchev–Trinajstić information content (AvgIpc) is 3.35. The molecule has 0 radical (unpaired) electrons. The zero-order valence-corrected chi connectivity index (χ0v) is 18.8. The molecule has 6 heteroatoms. The Bertz CT molecular complexity index is 1040. The van der Waals surface area contributed by atoms with Crippen molar-refractivity contribution in [2.45, 2.75) is 83.5 Å². The number of fused-ring (bicyclic) bond motifs is 6. The van der Waals surface area contributed by atoms with Crippen molar-refractivity contribution in [3.05, 3.63) is 51.2 Å². The summed E-state index contributed by atoms with van der Waals surface area (Å²) >= 11 is 0. The van der Waals surface area contributed by atoms with E-state index in [1.54, 1.807) is 0 Å². The summed E-state index contributed by atoms with van der Waals surface area (Å²) in [5.74, 6) is 1.72. The molecule has 0 aliphatic carbocycles. The minimum Gasteiger partial charge on any atom is -0.340 e. The van der Waals surface area contributed by atoms with E-state index < -0.39 is 0 Å². The number of rotatable bonds is 4. The third-order valence-electron chi connectivity index (χ3n) is 8.32. The van der Waals surface area contributed by atoms with E-state index in [2.05, 4.69) is 45.3 Å². The molecule has 6 nitrogen and oxygen atoms in total. The van der Waals surface area contributed by atoms with Crippen LogP contribution in [0, 0.1) is 12.8 Å². The topological polar surface area (TPSA) is 54.3 Å². The first-order chi connectivity index (χ1) is 15.1. The van der Waals surface area contributed by atoms with E-state index in [4.69, 9.17) is 4.98 Å². The molecule has 164 valence electrons. The molecular formula is C25H33N5O. The van der Waals surface area contributed by atoms with Gasteiger partial charge in [0.1, 0.15) is 0 Å². The van der Waals surface area contributed by atoms with E-state index >= 15 is 0 Å². The lowest BCUT2D eigenvalue weighted by Gasteiger charge is -2.43. The van der Waals surface area contributed by atoms with Gasteiger partial charge in [0.2, 0.25) is 5.95 Å². The Kier molecular flexibility index (Phi) is 4.67. The summed E-state index contributed by atoms with van der Waals surface area (Å²) in [6, 6.07) is 5.79. The van der Waals surface area contributed by atoms with E-state index in [0.717, 1.165) is 56.2 Å².